The zero-order valence-corrected chi connectivity index (χ0v) is 15.7. The van der Waals surface area contributed by atoms with Crippen LogP contribution in [0.5, 0.6) is 0 Å². The number of aromatic nitrogens is 3. The molecule has 0 radical (unpaired) electrons. The van der Waals surface area contributed by atoms with Gasteiger partial charge in [0.15, 0.2) is 5.82 Å². The molecule has 28 heavy (non-hydrogen) atoms. The van der Waals surface area contributed by atoms with E-state index >= 15 is 0 Å². The first kappa shape index (κ1) is 17.7. The van der Waals surface area contributed by atoms with Gasteiger partial charge in [0.25, 0.3) is 0 Å². The molecule has 0 atom stereocenters. The molecule has 0 spiro atoms. The summed E-state index contributed by atoms with van der Waals surface area (Å²) in [7, 11) is 0. The molecule has 0 bridgehead atoms. The third-order valence-corrected chi connectivity index (χ3v) is 4.76. The Labute approximate surface area is 164 Å². The van der Waals surface area contributed by atoms with Crippen molar-refractivity contribution < 1.29 is 0 Å². The van der Waals surface area contributed by atoms with Crippen LogP contribution in [0, 0.1) is 18.3 Å². The van der Waals surface area contributed by atoms with Crippen LogP contribution < -0.4 is 15.1 Å². The lowest BCUT2D eigenvalue weighted by Crippen LogP contribution is -2.47. The van der Waals surface area contributed by atoms with Gasteiger partial charge >= 0.3 is 0 Å². The summed E-state index contributed by atoms with van der Waals surface area (Å²) >= 11 is 0. The van der Waals surface area contributed by atoms with Gasteiger partial charge in [-0.2, -0.15) is 15.3 Å². The summed E-state index contributed by atoms with van der Waals surface area (Å²) in [6.07, 6.45) is 1.69. The van der Waals surface area contributed by atoms with Crippen LogP contribution in [0.1, 0.15) is 11.1 Å². The van der Waals surface area contributed by atoms with Gasteiger partial charge in [0.2, 0.25) is 5.95 Å². The highest BCUT2D eigenvalue weighted by Gasteiger charge is 2.19. The van der Waals surface area contributed by atoms with E-state index < -0.39 is 0 Å². The van der Waals surface area contributed by atoms with Crippen molar-refractivity contribution in [3.05, 3.63) is 65.9 Å². The Balaban J connectivity index is 1.43. The highest BCUT2D eigenvalue weighted by molar-refractivity contribution is 5.57. The van der Waals surface area contributed by atoms with Gasteiger partial charge in [-0.25, -0.2) is 0 Å². The van der Waals surface area contributed by atoms with Crippen molar-refractivity contribution in [1.29, 1.82) is 5.26 Å². The van der Waals surface area contributed by atoms with Crippen molar-refractivity contribution in [2.45, 2.75) is 6.92 Å². The largest absolute Gasteiger partial charge is 0.368 e. The molecule has 2 heterocycles. The van der Waals surface area contributed by atoms with Gasteiger partial charge in [0.05, 0.1) is 17.8 Å². The van der Waals surface area contributed by atoms with Crippen LogP contribution in [0.3, 0.4) is 0 Å². The summed E-state index contributed by atoms with van der Waals surface area (Å²) in [6.45, 7) is 5.72. The monoisotopic (exact) mass is 371 g/mol. The SMILES string of the molecule is Cc1cccc(N2CCN(c3cnnc(Nc4cccc(C#N)c4)n3)CC2)c1. The number of nitriles is 1. The number of piperazine rings is 1. The summed E-state index contributed by atoms with van der Waals surface area (Å²) in [5, 5.41) is 20.3. The van der Waals surface area contributed by atoms with Crippen LogP contribution in [0.15, 0.2) is 54.7 Å². The van der Waals surface area contributed by atoms with E-state index in [1.807, 2.05) is 12.1 Å². The molecule has 1 aliphatic heterocycles. The van der Waals surface area contributed by atoms with Gasteiger partial charge in [0, 0.05) is 37.6 Å². The van der Waals surface area contributed by atoms with E-state index in [1.54, 1.807) is 18.3 Å². The van der Waals surface area contributed by atoms with Crippen LogP contribution in [0.2, 0.25) is 0 Å². The van der Waals surface area contributed by atoms with Crippen molar-refractivity contribution in [3.63, 3.8) is 0 Å². The quantitative estimate of drug-likeness (QED) is 0.754. The van der Waals surface area contributed by atoms with Crippen molar-refractivity contribution in [3.8, 4) is 6.07 Å². The summed E-state index contributed by atoms with van der Waals surface area (Å²) in [4.78, 5) is 9.21. The standard InChI is InChI=1S/C21H21N7/c1-16-4-2-7-19(12-16)27-8-10-28(11-9-27)20-15-23-26-21(25-20)24-18-6-3-5-17(13-18)14-22/h2-7,12-13,15H,8-11H2,1H3,(H,24,25,26). The topological polar surface area (TPSA) is 81.0 Å². The van der Waals surface area contributed by atoms with Gasteiger partial charge in [-0.3, -0.25) is 0 Å². The molecule has 7 nitrogen and oxygen atoms in total. The fourth-order valence-corrected chi connectivity index (χ4v) is 3.31. The number of rotatable bonds is 4. The van der Waals surface area contributed by atoms with Crippen molar-refractivity contribution in [2.75, 3.05) is 41.3 Å². The molecule has 1 aromatic heterocycles. The van der Waals surface area contributed by atoms with Crippen LogP contribution in [0.4, 0.5) is 23.1 Å². The van der Waals surface area contributed by atoms with E-state index in [2.05, 4.69) is 67.6 Å². The average Bonchev–Trinajstić information content (AvgIpc) is 2.74. The molecule has 0 unspecified atom stereocenters. The molecule has 140 valence electrons. The van der Waals surface area contributed by atoms with Gasteiger partial charge in [-0.1, -0.05) is 18.2 Å². The lowest BCUT2D eigenvalue weighted by molar-refractivity contribution is 0.644. The maximum absolute atomic E-state index is 9.03. The summed E-state index contributed by atoms with van der Waals surface area (Å²) in [5.74, 6) is 1.23. The number of hydrogen-bond donors (Lipinski definition) is 1. The first-order valence-electron chi connectivity index (χ1n) is 9.25. The van der Waals surface area contributed by atoms with E-state index in [0.717, 1.165) is 37.7 Å². The van der Waals surface area contributed by atoms with Gasteiger partial charge in [0.1, 0.15) is 0 Å². The fraction of sp³-hybridized carbons (Fsp3) is 0.238. The highest BCUT2D eigenvalue weighted by Crippen LogP contribution is 2.21. The minimum absolute atomic E-state index is 0.425. The minimum Gasteiger partial charge on any atom is -0.368 e. The highest BCUT2D eigenvalue weighted by atomic mass is 15.3. The van der Waals surface area contributed by atoms with E-state index in [-0.39, 0.29) is 0 Å². The zero-order valence-electron chi connectivity index (χ0n) is 15.7. The second kappa shape index (κ2) is 7.92. The Bertz CT molecular complexity index is 1000. The van der Waals surface area contributed by atoms with Crippen molar-refractivity contribution in [1.82, 2.24) is 15.2 Å². The molecule has 2 aromatic carbocycles. The molecule has 0 saturated carbocycles. The second-order valence-corrected chi connectivity index (χ2v) is 6.77. The van der Waals surface area contributed by atoms with Gasteiger partial charge < -0.3 is 15.1 Å². The number of anilines is 4. The molecule has 7 heteroatoms. The molecule has 1 N–H and O–H groups in total. The normalized spacial score (nSPS) is 13.9. The third kappa shape index (κ3) is 4.01. The van der Waals surface area contributed by atoms with E-state index in [0.29, 0.717) is 11.5 Å². The zero-order chi connectivity index (χ0) is 19.3. The Morgan fingerprint density at radius 3 is 2.57 bits per heavy atom. The Kier molecular flexibility index (Phi) is 5.02. The van der Waals surface area contributed by atoms with Crippen LogP contribution in [-0.4, -0.2) is 41.4 Å². The molecule has 1 saturated heterocycles. The predicted octanol–water partition coefficient (Wildman–Crippen LogP) is 3.12. The van der Waals surface area contributed by atoms with Crippen LogP contribution in [-0.2, 0) is 0 Å². The first-order valence-corrected chi connectivity index (χ1v) is 9.25. The Morgan fingerprint density at radius 2 is 1.79 bits per heavy atom. The number of aryl methyl sites for hydroxylation is 1. The van der Waals surface area contributed by atoms with Gasteiger partial charge in [-0.05, 0) is 42.8 Å². The molecule has 1 aliphatic rings. The lowest BCUT2D eigenvalue weighted by Gasteiger charge is -2.36. The van der Waals surface area contributed by atoms with Crippen LogP contribution in [0.25, 0.3) is 0 Å². The van der Waals surface area contributed by atoms with Crippen molar-refractivity contribution in [2.24, 2.45) is 0 Å². The molecule has 3 aromatic rings. The number of hydrogen-bond acceptors (Lipinski definition) is 7. The third-order valence-electron chi connectivity index (χ3n) is 4.76. The molecule has 0 aliphatic carbocycles. The minimum atomic E-state index is 0.425. The molecule has 0 amide bonds. The van der Waals surface area contributed by atoms with Crippen molar-refractivity contribution >= 4 is 23.1 Å². The number of benzene rings is 2. The smallest absolute Gasteiger partial charge is 0.249 e. The summed E-state index contributed by atoms with van der Waals surface area (Å²) < 4.78 is 0. The summed E-state index contributed by atoms with van der Waals surface area (Å²) in [6, 6.07) is 17.9. The molecular weight excluding hydrogens is 350 g/mol. The lowest BCUT2D eigenvalue weighted by atomic mass is 10.2. The maximum atomic E-state index is 9.03. The van der Waals surface area contributed by atoms with Gasteiger partial charge in [-0.15, -0.1) is 5.10 Å². The van der Waals surface area contributed by atoms with E-state index in [9.17, 15) is 0 Å². The number of nitrogens with zero attached hydrogens (tertiary/aromatic N) is 6. The molecule has 4 rings (SSSR count). The Morgan fingerprint density at radius 1 is 1.00 bits per heavy atom. The fourth-order valence-electron chi connectivity index (χ4n) is 3.31. The predicted molar refractivity (Wildman–Crippen MR) is 110 cm³/mol. The van der Waals surface area contributed by atoms with E-state index in [4.69, 9.17) is 5.26 Å². The first-order chi connectivity index (χ1) is 13.7. The second-order valence-electron chi connectivity index (χ2n) is 6.77. The number of nitrogens with one attached hydrogen (secondary N) is 1. The maximum Gasteiger partial charge on any atom is 0.249 e. The average molecular weight is 371 g/mol. The van der Waals surface area contributed by atoms with E-state index in [1.165, 1.54) is 11.3 Å². The van der Waals surface area contributed by atoms with Crippen LogP contribution >= 0.6 is 0 Å². The Hall–Kier alpha value is -3.66. The molecule has 1 fully saturated rings. The molecular formula is C21H21N7. The summed E-state index contributed by atoms with van der Waals surface area (Å²) in [5.41, 5.74) is 3.89.